The van der Waals surface area contributed by atoms with Crippen molar-refractivity contribution in [2.75, 3.05) is 31.2 Å². The van der Waals surface area contributed by atoms with Crippen molar-refractivity contribution in [2.45, 2.75) is 31.4 Å². The van der Waals surface area contributed by atoms with Crippen LogP contribution in [-0.4, -0.2) is 41.0 Å². The van der Waals surface area contributed by atoms with Crippen LogP contribution in [0.25, 0.3) is 0 Å². The number of benzene rings is 1. The molecule has 1 saturated heterocycles. The monoisotopic (exact) mass is 308 g/mol. The molecule has 4 nitrogen and oxygen atoms in total. The summed E-state index contributed by atoms with van der Waals surface area (Å²) in [6.45, 7) is 6.53. The molecule has 1 aromatic carbocycles. The van der Waals surface area contributed by atoms with E-state index in [2.05, 4.69) is 13.8 Å². The van der Waals surface area contributed by atoms with Crippen molar-refractivity contribution in [1.29, 1.82) is 0 Å². The predicted octanol–water partition coefficient (Wildman–Crippen LogP) is 2.78. The average molecular weight is 308 g/mol. The molecule has 1 fully saturated rings. The zero-order chi connectivity index (χ0) is 15.3. The molecular formula is C16H24N2O2S. The van der Waals surface area contributed by atoms with E-state index in [1.165, 1.54) is 0 Å². The summed E-state index contributed by atoms with van der Waals surface area (Å²) in [6.07, 6.45) is 1.44. The predicted molar refractivity (Wildman–Crippen MR) is 88.7 cm³/mol. The molecule has 1 aliphatic heterocycles. The van der Waals surface area contributed by atoms with Gasteiger partial charge in [-0.15, -0.1) is 0 Å². The zero-order valence-electron chi connectivity index (χ0n) is 12.8. The molecule has 1 heterocycles. The van der Waals surface area contributed by atoms with Crippen molar-refractivity contribution in [2.24, 2.45) is 0 Å². The van der Waals surface area contributed by atoms with E-state index in [1.807, 2.05) is 34.9 Å². The van der Waals surface area contributed by atoms with Crippen molar-refractivity contribution in [3.05, 3.63) is 24.3 Å². The Morgan fingerprint density at radius 1 is 1.38 bits per heavy atom. The van der Waals surface area contributed by atoms with Crippen LogP contribution in [0, 0.1) is 0 Å². The molecule has 0 unspecified atom stereocenters. The number of rotatable bonds is 4. The number of carbonyl (C=O) groups is 1. The zero-order valence-corrected chi connectivity index (χ0v) is 13.6. The van der Waals surface area contributed by atoms with E-state index in [1.54, 1.807) is 6.07 Å². The largest absolute Gasteiger partial charge is 0.491 e. The van der Waals surface area contributed by atoms with Gasteiger partial charge in [-0.1, -0.05) is 26.0 Å². The van der Waals surface area contributed by atoms with Crippen LogP contribution < -0.4 is 10.5 Å². The van der Waals surface area contributed by atoms with Crippen molar-refractivity contribution in [1.82, 2.24) is 4.90 Å². The number of nitrogens with zero attached hydrogens (tertiary/aromatic N) is 1. The molecule has 0 spiro atoms. The number of thioether (sulfide) groups is 1. The Morgan fingerprint density at radius 2 is 2.14 bits per heavy atom. The maximum atomic E-state index is 12.2. The Hall–Kier alpha value is -1.36. The van der Waals surface area contributed by atoms with E-state index < -0.39 is 0 Å². The lowest BCUT2D eigenvalue weighted by Crippen LogP contribution is -2.34. The summed E-state index contributed by atoms with van der Waals surface area (Å²) in [5.74, 6) is 1.83. The van der Waals surface area contributed by atoms with Gasteiger partial charge in [-0.2, -0.15) is 11.8 Å². The number of amides is 1. The van der Waals surface area contributed by atoms with E-state index in [4.69, 9.17) is 10.5 Å². The Kier molecular flexibility index (Phi) is 5.39. The normalized spacial score (nSPS) is 18.1. The summed E-state index contributed by atoms with van der Waals surface area (Å²) in [6, 6.07) is 7.36. The maximum absolute atomic E-state index is 12.2. The van der Waals surface area contributed by atoms with Crippen LogP contribution >= 0.6 is 11.8 Å². The summed E-state index contributed by atoms with van der Waals surface area (Å²) in [4.78, 5) is 14.2. The number of hydrogen-bond acceptors (Lipinski definition) is 4. The van der Waals surface area contributed by atoms with E-state index in [9.17, 15) is 4.79 Å². The van der Waals surface area contributed by atoms with Crippen molar-refractivity contribution >= 4 is 23.4 Å². The number of anilines is 1. The first-order valence-electron chi connectivity index (χ1n) is 7.37. The fourth-order valence-corrected chi connectivity index (χ4v) is 3.39. The van der Waals surface area contributed by atoms with Crippen LogP contribution in [0.4, 0.5) is 5.69 Å². The Bertz CT molecular complexity index is 491. The van der Waals surface area contributed by atoms with Crippen molar-refractivity contribution < 1.29 is 9.53 Å². The van der Waals surface area contributed by atoms with Gasteiger partial charge >= 0.3 is 0 Å². The van der Waals surface area contributed by atoms with E-state index >= 15 is 0 Å². The van der Waals surface area contributed by atoms with Gasteiger partial charge in [-0.25, -0.2) is 0 Å². The molecule has 0 atom stereocenters. The van der Waals surface area contributed by atoms with Crippen LogP contribution in [0.1, 0.15) is 26.7 Å². The number of nitrogens with two attached hydrogens (primary N) is 1. The molecule has 2 N–H and O–H groups in total. The number of nitrogen functional groups attached to an aromatic ring is 1. The third-order valence-corrected chi connectivity index (χ3v) is 5.06. The Balaban J connectivity index is 1.78. The fraction of sp³-hybridized carbons (Fsp3) is 0.562. The highest BCUT2D eigenvalue weighted by Gasteiger charge is 2.25. The first kappa shape index (κ1) is 16.0. The lowest BCUT2D eigenvalue weighted by atomic mass is 10.1. The van der Waals surface area contributed by atoms with Gasteiger partial charge in [-0.3, -0.25) is 4.79 Å². The van der Waals surface area contributed by atoms with Gasteiger partial charge in [0.2, 0.25) is 5.91 Å². The van der Waals surface area contributed by atoms with Gasteiger partial charge in [0.15, 0.2) is 0 Å². The summed E-state index contributed by atoms with van der Waals surface area (Å²) >= 11 is 1.94. The number of para-hydroxylation sites is 2. The smallest absolute Gasteiger partial charge is 0.226 e. The standard InChI is InChI=1S/C16H24N2O2S/c1-16(2)8-9-18(10-12-21-16)15(19)7-11-20-14-6-4-3-5-13(14)17/h3-6H,7-12,17H2,1-2H3. The minimum atomic E-state index is 0.169. The molecule has 5 heteroatoms. The number of carbonyl (C=O) groups excluding carboxylic acids is 1. The molecule has 0 saturated carbocycles. The molecule has 0 aromatic heterocycles. The first-order chi connectivity index (χ1) is 9.98. The van der Waals surface area contributed by atoms with Crippen LogP contribution in [0.15, 0.2) is 24.3 Å². The van der Waals surface area contributed by atoms with Crippen molar-refractivity contribution in [3.8, 4) is 5.75 Å². The average Bonchev–Trinajstić information content (AvgIpc) is 2.62. The molecule has 0 bridgehead atoms. The van der Waals surface area contributed by atoms with Crippen LogP contribution in [0.3, 0.4) is 0 Å². The third-order valence-electron chi connectivity index (χ3n) is 3.68. The van der Waals surface area contributed by atoms with E-state index in [0.29, 0.717) is 24.5 Å². The van der Waals surface area contributed by atoms with E-state index in [-0.39, 0.29) is 10.7 Å². The maximum Gasteiger partial charge on any atom is 0.226 e. The molecule has 0 radical (unpaired) electrons. The molecule has 116 valence electrons. The van der Waals surface area contributed by atoms with Crippen molar-refractivity contribution in [3.63, 3.8) is 0 Å². The quantitative estimate of drug-likeness (QED) is 0.869. The van der Waals surface area contributed by atoms with Gasteiger partial charge in [0, 0.05) is 23.6 Å². The summed E-state index contributed by atoms with van der Waals surface area (Å²) < 4.78 is 5.86. The second kappa shape index (κ2) is 7.07. The van der Waals surface area contributed by atoms with Crippen LogP contribution in [-0.2, 0) is 4.79 Å². The van der Waals surface area contributed by atoms with E-state index in [0.717, 1.165) is 25.3 Å². The molecule has 1 amide bonds. The molecule has 1 aromatic rings. The highest BCUT2D eigenvalue weighted by molar-refractivity contribution is 8.00. The minimum Gasteiger partial charge on any atom is -0.491 e. The van der Waals surface area contributed by atoms with Gasteiger partial charge in [0.1, 0.15) is 5.75 Å². The first-order valence-corrected chi connectivity index (χ1v) is 8.35. The highest BCUT2D eigenvalue weighted by atomic mass is 32.2. The molecular weight excluding hydrogens is 284 g/mol. The minimum absolute atomic E-state index is 0.169. The third kappa shape index (κ3) is 4.84. The van der Waals surface area contributed by atoms with Gasteiger partial charge < -0.3 is 15.4 Å². The summed E-state index contributed by atoms with van der Waals surface area (Å²) in [7, 11) is 0. The number of hydrogen-bond donors (Lipinski definition) is 1. The molecule has 1 aliphatic rings. The lowest BCUT2D eigenvalue weighted by Gasteiger charge is -2.22. The second-order valence-corrected chi connectivity index (χ2v) is 7.68. The second-order valence-electron chi connectivity index (χ2n) is 5.88. The summed E-state index contributed by atoms with van der Waals surface area (Å²) in [5, 5.41) is 0. The highest BCUT2D eigenvalue weighted by Crippen LogP contribution is 2.30. The topological polar surface area (TPSA) is 55.6 Å². The van der Waals surface area contributed by atoms with Gasteiger partial charge in [0.25, 0.3) is 0 Å². The van der Waals surface area contributed by atoms with Crippen LogP contribution in [0.5, 0.6) is 5.75 Å². The SMILES string of the molecule is CC1(C)CCN(C(=O)CCOc2ccccc2N)CCS1. The summed E-state index contributed by atoms with van der Waals surface area (Å²) in [5.41, 5.74) is 6.42. The van der Waals surface area contributed by atoms with Gasteiger partial charge in [0.05, 0.1) is 18.7 Å². The Morgan fingerprint density at radius 3 is 2.90 bits per heavy atom. The molecule has 21 heavy (non-hydrogen) atoms. The van der Waals surface area contributed by atoms with Crippen LogP contribution in [0.2, 0.25) is 0 Å². The number of ether oxygens (including phenoxy) is 1. The molecule has 2 rings (SSSR count). The fourth-order valence-electron chi connectivity index (χ4n) is 2.29. The lowest BCUT2D eigenvalue weighted by molar-refractivity contribution is -0.131. The Labute approximate surface area is 131 Å². The molecule has 0 aliphatic carbocycles. The van der Waals surface area contributed by atoms with Gasteiger partial charge in [-0.05, 0) is 18.6 Å².